The molecule has 0 spiro atoms. The van der Waals surface area contributed by atoms with Gasteiger partial charge < -0.3 is 20.6 Å². The monoisotopic (exact) mass is 382 g/mol. The molecule has 0 radical (unpaired) electrons. The van der Waals surface area contributed by atoms with Crippen LogP contribution >= 0.6 is 0 Å². The van der Waals surface area contributed by atoms with Gasteiger partial charge in [-0.15, -0.1) is 5.10 Å². The van der Waals surface area contributed by atoms with Crippen LogP contribution in [0.3, 0.4) is 0 Å². The van der Waals surface area contributed by atoms with Gasteiger partial charge in [-0.3, -0.25) is 0 Å². The smallest absolute Gasteiger partial charge is 0.379 e. The molecule has 0 atom stereocenters. The molecule has 0 amide bonds. The molecule has 1 aliphatic carbocycles. The van der Waals surface area contributed by atoms with Crippen LogP contribution in [0.25, 0.3) is 0 Å². The number of nitrogens with zero attached hydrogens (tertiary/aromatic N) is 2. The van der Waals surface area contributed by atoms with Gasteiger partial charge in [0.05, 0.1) is 5.71 Å². The van der Waals surface area contributed by atoms with Gasteiger partial charge in [0.25, 0.3) is 0 Å². The number of rotatable bonds is 3. The average molecular weight is 382 g/mol. The summed E-state index contributed by atoms with van der Waals surface area (Å²) in [6, 6.07) is 5.65. The Bertz CT molecular complexity index is 975. The van der Waals surface area contributed by atoms with Gasteiger partial charge in [0, 0.05) is 17.5 Å². The lowest BCUT2D eigenvalue weighted by molar-refractivity contribution is 0.0697. The van der Waals surface area contributed by atoms with E-state index < -0.39 is 5.97 Å². The second-order valence-electron chi connectivity index (χ2n) is 8.16. The fourth-order valence-corrected chi connectivity index (χ4v) is 3.66. The van der Waals surface area contributed by atoms with Crippen LogP contribution in [0.2, 0.25) is 0 Å². The van der Waals surface area contributed by atoms with Crippen molar-refractivity contribution in [2.75, 3.05) is 0 Å². The number of furan rings is 1. The zero-order valence-corrected chi connectivity index (χ0v) is 16.9. The summed E-state index contributed by atoms with van der Waals surface area (Å²) in [5, 5.41) is 8.00. The van der Waals surface area contributed by atoms with Crippen LogP contribution < -0.4 is 16.2 Å². The summed E-state index contributed by atoms with van der Waals surface area (Å²) < 4.78 is 11.5. The second kappa shape index (κ2) is 7.14. The van der Waals surface area contributed by atoms with Crippen LogP contribution in [0, 0.1) is 26.2 Å². The number of carbonyl (C=O) groups excluding carboxylic acids is 1. The minimum absolute atomic E-state index is 0.0934. The first-order chi connectivity index (χ1) is 13.1. The van der Waals surface area contributed by atoms with Crippen LogP contribution in [0.15, 0.2) is 32.8 Å². The standard InChI is InChI=1S/C21H26N4O3/c1-11-6-12(2)8-14(7-11)27-19(26)18-13(3)17-15(24-25-20(22)23)9-21(4,5)10-16(17)28-18/h6-8H,9-10H2,1-5H3,(H4,22,23,25)/b24-15-. The summed E-state index contributed by atoms with van der Waals surface area (Å²) in [5.74, 6) is 0.722. The Balaban J connectivity index is 2.00. The van der Waals surface area contributed by atoms with Crippen LogP contribution in [-0.4, -0.2) is 17.6 Å². The molecule has 1 aromatic heterocycles. The molecule has 7 heteroatoms. The van der Waals surface area contributed by atoms with E-state index in [4.69, 9.17) is 20.6 Å². The van der Waals surface area contributed by atoms with Gasteiger partial charge in [-0.05, 0) is 55.9 Å². The quantitative estimate of drug-likeness (QED) is 0.277. The zero-order chi connectivity index (χ0) is 20.6. The second-order valence-corrected chi connectivity index (χ2v) is 8.16. The Morgan fingerprint density at radius 3 is 2.36 bits per heavy atom. The summed E-state index contributed by atoms with van der Waals surface area (Å²) >= 11 is 0. The SMILES string of the molecule is Cc1cc(C)cc(OC(=O)c2oc3c(c2C)/C(=N\N=C(N)N)CC(C)(C)C3)c1. The summed E-state index contributed by atoms with van der Waals surface area (Å²) in [4.78, 5) is 12.8. The maximum absolute atomic E-state index is 12.8. The predicted octanol–water partition coefficient (Wildman–Crippen LogP) is 3.37. The van der Waals surface area contributed by atoms with Crippen LogP contribution in [0.4, 0.5) is 0 Å². The van der Waals surface area contributed by atoms with Crippen molar-refractivity contribution < 1.29 is 13.9 Å². The van der Waals surface area contributed by atoms with E-state index in [1.807, 2.05) is 39.0 Å². The molecular formula is C21H26N4O3. The van der Waals surface area contributed by atoms with E-state index in [2.05, 4.69) is 24.1 Å². The number of fused-ring (bicyclic) bond motifs is 1. The number of ether oxygens (including phenoxy) is 1. The molecule has 0 saturated heterocycles. The Morgan fingerprint density at radius 2 is 1.75 bits per heavy atom. The van der Waals surface area contributed by atoms with Gasteiger partial charge in [0.15, 0.2) is 0 Å². The number of guanidine groups is 1. The van der Waals surface area contributed by atoms with Gasteiger partial charge in [-0.2, -0.15) is 5.10 Å². The van der Waals surface area contributed by atoms with Gasteiger partial charge in [0.2, 0.25) is 11.7 Å². The minimum atomic E-state index is -0.532. The lowest BCUT2D eigenvalue weighted by Gasteiger charge is -2.29. The molecular weight excluding hydrogens is 356 g/mol. The third-order valence-electron chi connectivity index (χ3n) is 4.67. The Labute approximate surface area is 164 Å². The fourth-order valence-electron chi connectivity index (χ4n) is 3.66. The molecule has 3 rings (SSSR count). The van der Waals surface area contributed by atoms with Crippen LogP contribution in [0.1, 0.15) is 58.8 Å². The first-order valence-electron chi connectivity index (χ1n) is 9.14. The highest BCUT2D eigenvalue weighted by Gasteiger charge is 2.36. The predicted molar refractivity (Wildman–Crippen MR) is 109 cm³/mol. The molecule has 0 fully saturated rings. The maximum Gasteiger partial charge on any atom is 0.379 e. The van der Waals surface area contributed by atoms with E-state index in [0.717, 1.165) is 16.7 Å². The lowest BCUT2D eigenvalue weighted by Crippen LogP contribution is -2.27. The highest BCUT2D eigenvalue weighted by molar-refractivity contribution is 6.06. The summed E-state index contributed by atoms with van der Waals surface area (Å²) in [6.45, 7) is 9.94. The molecule has 148 valence electrons. The molecule has 1 heterocycles. The van der Waals surface area contributed by atoms with E-state index >= 15 is 0 Å². The Hall–Kier alpha value is -3.09. The molecule has 2 aromatic rings. The molecule has 1 aliphatic rings. The van der Waals surface area contributed by atoms with Crippen molar-refractivity contribution in [3.8, 4) is 5.75 Å². The van der Waals surface area contributed by atoms with Crippen molar-refractivity contribution in [3.63, 3.8) is 0 Å². The number of carbonyl (C=O) groups is 1. The van der Waals surface area contributed by atoms with E-state index in [1.165, 1.54) is 0 Å². The summed E-state index contributed by atoms with van der Waals surface area (Å²) in [5.41, 5.74) is 15.0. The van der Waals surface area contributed by atoms with E-state index in [1.54, 1.807) is 0 Å². The zero-order valence-electron chi connectivity index (χ0n) is 16.9. The number of esters is 1. The van der Waals surface area contributed by atoms with Crippen molar-refractivity contribution in [1.29, 1.82) is 0 Å². The molecule has 0 unspecified atom stereocenters. The van der Waals surface area contributed by atoms with E-state index in [-0.39, 0.29) is 17.1 Å². The van der Waals surface area contributed by atoms with Gasteiger partial charge in [0.1, 0.15) is 11.5 Å². The van der Waals surface area contributed by atoms with Crippen molar-refractivity contribution in [2.24, 2.45) is 27.1 Å². The number of aryl methyl sites for hydroxylation is 2. The number of nitrogens with two attached hydrogens (primary N) is 2. The van der Waals surface area contributed by atoms with Gasteiger partial charge in [-0.1, -0.05) is 19.9 Å². The molecule has 4 N–H and O–H groups in total. The lowest BCUT2D eigenvalue weighted by atomic mass is 9.75. The minimum Gasteiger partial charge on any atom is -0.453 e. The third kappa shape index (κ3) is 4.08. The van der Waals surface area contributed by atoms with Crippen molar-refractivity contribution in [2.45, 2.75) is 47.5 Å². The first-order valence-corrected chi connectivity index (χ1v) is 9.14. The van der Waals surface area contributed by atoms with Crippen LogP contribution in [-0.2, 0) is 6.42 Å². The van der Waals surface area contributed by atoms with Crippen molar-refractivity contribution in [1.82, 2.24) is 0 Å². The summed E-state index contributed by atoms with van der Waals surface area (Å²) in [7, 11) is 0. The molecule has 1 aromatic carbocycles. The maximum atomic E-state index is 12.8. The fraction of sp³-hybridized carbons (Fsp3) is 0.381. The average Bonchev–Trinajstić information content (AvgIpc) is 2.87. The topological polar surface area (TPSA) is 116 Å². The first kappa shape index (κ1) is 19.7. The van der Waals surface area contributed by atoms with Gasteiger partial charge in [-0.25, -0.2) is 4.79 Å². The highest BCUT2D eigenvalue weighted by Crippen LogP contribution is 2.39. The number of hydrogen-bond acceptors (Lipinski definition) is 5. The third-order valence-corrected chi connectivity index (χ3v) is 4.67. The van der Waals surface area contributed by atoms with Crippen molar-refractivity contribution >= 4 is 17.6 Å². The molecule has 7 nitrogen and oxygen atoms in total. The normalized spacial score (nSPS) is 16.5. The summed E-state index contributed by atoms with van der Waals surface area (Å²) in [6.07, 6.45) is 1.35. The molecule has 0 aliphatic heterocycles. The van der Waals surface area contributed by atoms with E-state index in [0.29, 0.717) is 35.6 Å². The number of benzene rings is 1. The number of hydrogen-bond donors (Lipinski definition) is 2. The van der Waals surface area contributed by atoms with Crippen LogP contribution in [0.5, 0.6) is 5.75 Å². The Morgan fingerprint density at radius 1 is 1.11 bits per heavy atom. The highest BCUT2D eigenvalue weighted by atomic mass is 16.5. The van der Waals surface area contributed by atoms with E-state index in [9.17, 15) is 4.79 Å². The molecule has 28 heavy (non-hydrogen) atoms. The molecule has 0 saturated carbocycles. The van der Waals surface area contributed by atoms with Gasteiger partial charge >= 0.3 is 5.97 Å². The Kier molecular flexibility index (Phi) is 5.02. The molecule has 0 bridgehead atoms. The van der Waals surface area contributed by atoms with Crippen molar-refractivity contribution in [3.05, 3.63) is 52.0 Å². The largest absolute Gasteiger partial charge is 0.453 e.